The number of hydrogen-bond acceptors (Lipinski definition) is 3. The first kappa shape index (κ1) is 17.7. The van der Waals surface area contributed by atoms with Crippen LogP contribution in [-0.4, -0.2) is 39.3 Å². The molecule has 134 valence electrons. The minimum Gasteiger partial charge on any atom is -0.481 e. The van der Waals surface area contributed by atoms with Gasteiger partial charge in [0.25, 0.3) is 0 Å². The lowest BCUT2D eigenvalue weighted by molar-refractivity contribution is -0.141. The SMILES string of the molecule is C[C@H](CN(C)Cc1cnn(C2CCCC2)c1-c1ccccc1)C(=O)O. The Hall–Kier alpha value is -2.14. The van der Waals surface area contributed by atoms with E-state index in [1.54, 1.807) is 6.92 Å². The molecule has 1 N–H and O–H groups in total. The number of nitrogens with zero attached hydrogens (tertiary/aromatic N) is 3. The highest BCUT2D eigenvalue weighted by molar-refractivity contribution is 5.69. The van der Waals surface area contributed by atoms with E-state index in [1.807, 2.05) is 19.3 Å². The third-order valence-corrected chi connectivity index (χ3v) is 5.04. The number of carboxylic acid groups (broad SMARTS) is 1. The monoisotopic (exact) mass is 341 g/mol. The fourth-order valence-electron chi connectivity index (χ4n) is 3.75. The summed E-state index contributed by atoms with van der Waals surface area (Å²) in [7, 11) is 1.97. The number of carbonyl (C=O) groups is 1. The van der Waals surface area contributed by atoms with E-state index < -0.39 is 5.97 Å². The Morgan fingerprint density at radius 3 is 2.64 bits per heavy atom. The van der Waals surface area contributed by atoms with Crippen LogP contribution in [0.3, 0.4) is 0 Å². The van der Waals surface area contributed by atoms with Crippen molar-refractivity contribution in [1.82, 2.24) is 14.7 Å². The molecule has 1 aromatic heterocycles. The van der Waals surface area contributed by atoms with Crippen molar-refractivity contribution in [2.75, 3.05) is 13.6 Å². The smallest absolute Gasteiger partial charge is 0.307 e. The van der Waals surface area contributed by atoms with Crippen LogP contribution >= 0.6 is 0 Å². The largest absolute Gasteiger partial charge is 0.481 e. The van der Waals surface area contributed by atoms with E-state index in [2.05, 4.69) is 33.8 Å². The Bertz CT molecular complexity index is 705. The molecule has 1 atom stereocenters. The first-order valence-corrected chi connectivity index (χ1v) is 9.09. The molecular formula is C20H27N3O2. The molecule has 3 rings (SSSR count). The van der Waals surface area contributed by atoms with Crippen molar-refractivity contribution in [1.29, 1.82) is 0 Å². The summed E-state index contributed by atoms with van der Waals surface area (Å²) in [6, 6.07) is 10.9. The molecule has 0 unspecified atom stereocenters. The number of aliphatic carboxylic acids is 1. The van der Waals surface area contributed by atoms with Gasteiger partial charge in [0.2, 0.25) is 0 Å². The van der Waals surface area contributed by atoms with Crippen LogP contribution in [0.1, 0.15) is 44.2 Å². The van der Waals surface area contributed by atoms with E-state index in [0.717, 1.165) is 5.56 Å². The maximum atomic E-state index is 11.1. The zero-order chi connectivity index (χ0) is 17.8. The molecule has 0 saturated heterocycles. The maximum Gasteiger partial charge on any atom is 0.307 e. The zero-order valence-electron chi connectivity index (χ0n) is 15.1. The zero-order valence-corrected chi connectivity index (χ0v) is 15.1. The second kappa shape index (κ2) is 7.83. The van der Waals surface area contributed by atoms with Crippen molar-refractivity contribution in [3.63, 3.8) is 0 Å². The number of benzene rings is 1. The Morgan fingerprint density at radius 1 is 1.32 bits per heavy atom. The van der Waals surface area contributed by atoms with Gasteiger partial charge in [-0.1, -0.05) is 50.1 Å². The average molecular weight is 341 g/mol. The van der Waals surface area contributed by atoms with Gasteiger partial charge in [-0.15, -0.1) is 0 Å². The van der Waals surface area contributed by atoms with Crippen LogP contribution in [0.15, 0.2) is 36.5 Å². The first-order chi connectivity index (χ1) is 12.1. The van der Waals surface area contributed by atoms with E-state index in [0.29, 0.717) is 19.1 Å². The van der Waals surface area contributed by atoms with Crippen LogP contribution in [-0.2, 0) is 11.3 Å². The standard InChI is InChI=1S/C20H27N3O2/c1-15(20(24)25)13-22(2)14-17-12-21-23(18-10-6-7-11-18)19(17)16-8-4-3-5-9-16/h3-5,8-9,12,15,18H,6-7,10-11,13-14H2,1-2H3,(H,24,25)/t15-/m1/s1. The fourth-order valence-corrected chi connectivity index (χ4v) is 3.75. The van der Waals surface area contributed by atoms with Crippen molar-refractivity contribution in [2.45, 2.75) is 45.2 Å². The predicted octanol–water partition coefficient (Wildman–Crippen LogP) is 3.82. The molecule has 0 aliphatic heterocycles. The van der Waals surface area contributed by atoms with E-state index in [9.17, 15) is 4.79 Å². The Kier molecular flexibility index (Phi) is 5.53. The summed E-state index contributed by atoms with van der Waals surface area (Å²) in [5.41, 5.74) is 3.53. The maximum absolute atomic E-state index is 11.1. The average Bonchev–Trinajstić information content (AvgIpc) is 3.24. The molecule has 25 heavy (non-hydrogen) atoms. The molecule has 1 heterocycles. The fraction of sp³-hybridized carbons (Fsp3) is 0.500. The third-order valence-electron chi connectivity index (χ3n) is 5.04. The lowest BCUT2D eigenvalue weighted by Gasteiger charge is -2.20. The summed E-state index contributed by atoms with van der Waals surface area (Å²) < 4.78 is 2.20. The van der Waals surface area contributed by atoms with Gasteiger partial charge in [-0.05, 0) is 19.9 Å². The molecule has 1 saturated carbocycles. The first-order valence-electron chi connectivity index (χ1n) is 9.09. The van der Waals surface area contributed by atoms with Gasteiger partial charge in [0.05, 0.1) is 23.9 Å². The van der Waals surface area contributed by atoms with Crippen molar-refractivity contribution in [3.8, 4) is 11.3 Å². The molecule has 1 fully saturated rings. The lowest BCUT2D eigenvalue weighted by Crippen LogP contribution is -2.28. The Balaban J connectivity index is 1.87. The summed E-state index contributed by atoms with van der Waals surface area (Å²) in [6.07, 6.45) is 6.87. The minimum absolute atomic E-state index is 0.380. The van der Waals surface area contributed by atoms with Crippen molar-refractivity contribution < 1.29 is 9.90 Å². The summed E-state index contributed by atoms with van der Waals surface area (Å²) in [5, 5.41) is 13.8. The van der Waals surface area contributed by atoms with Crippen LogP contribution in [0.25, 0.3) is 11.3 Å². The van der Waals surface area contributed by atoms with Crippen molar-refractivity contribution >= 4 is 5.97 Å². The van der Waals surface area contributed by atoms with Crippen molar-refractivity contribution in [2.24, 2.45) is 5.92 Å². The molecule has 0 bridgehead atoms. The summed E-state index contributed by atoms with van der Waals surface area (Å²) in [4.78, 5) is 13.2. The second-order valence-electron chi connectivity index (χ2n) is 7.20. The van der Waals surface area contributed by atoms with Crippen LogP contribution in [0.4, 0.5) is 0 Å². The van der Waals surface area contributed by atoms with Gasteiger partial charge in [-0.25, -0.2) is 0 Å². The molecule has 0 amide bonds. The Morgan fingerprint density at radius 2 is 2.00 bits per heavy atom. The molecule has 1 aliphatic rings. The molecule has 5 heteroatoms. The predicted molar refractivity (Wildman–Crippen MR) is 98.3 cm³/mol. The van der Waals surface area contributed by atoms with Gasteiger partial charge in [-0.3, -0.25) is 9.48 Å². The number of carboxylic acids is 1. The quantitative estimate of drug-likeness (QED) is 0.832. The van der Waals surface area contributed by atoms with Crippen molar-refractivity contribution in [3.05, 3.63) is 42.1 Å². The van der Waals surface area contributed by atoms with E-state index in [4.69, 9.17) is 10.2 Å². The van der Waals surface area contributed by atoms with Crippen LogP contribution in [0.2, 0.25) is 0 Å². The minimum atomic E-state index is -0.753. The van der Waals surface area contributed by atoms with Gasteiger partial charge in [0.1, 0.15) is 0 Å². The summed E-state index contributed by atoms with van der Waals surface area (Å²) in [6.45, 7) is 2.98. The van der Waals surface area contributed by atoms with E-state index in [1.165, 1.54) is 36.9 Å². The second-order valence-corrected chi connectivity index (χ2v) is 7.20. The molecule has 0 radical (unpaired) electrons. The van der Waals surface area contributed by atoms with Crippen LogP contribution in [0.5, 0.6) is 0 Å². The molecule has 5 nitrogen and oxygen atoms in total. The molecule has 2 aromatic rings. The number of aromatic nitrogens is 2. The highest BCUT2D eigenvalue weighted by atomic mass is 16.4. The molecular weight excluding hydrogens is 314 g/mol. The molecule has 1 aliphatic carbocycles. The highest BCUT2D eigenvalue weighted by Crippen LogP contribution is 2.35. The topological polar surface area (TPSA) is 58.4 Å². The lowest BCUT2D eigenvalue weighted by atomic mass is 10.1. The third kappa shape index (κ3) is 4.10. The summed E-state index contributed by atoms with van der Waals surface area (Å²) in [5.74, 6) is -1.13. The van der Waals surface area contributed by atoms with Gasteiger partial charge < -0.3 is 10.0 Å². The van der Waals surface area contributed by atoms with Crippen LogP contribution < -0.4 is 0 Å². The highest BCUT2D eigenvalue weighted by Gasteiger charge is 2.24. The molecule has 1 aromatic carbocycles. The summed E-state index contributed by atoms with van der Waals surface area (Å²) >= 11 is 0. The van der Waals surface area contributed by atoms with Gasteiger partial charge in [-0.2, -0.15) is 5.10 Å². The normalized spacial score (nSPS) is 16.4. The van der Waals surface area contributed by atoms with Gasteiger partial charge in [0.15, 0.2) is 0 Å². The number of hydrogen-bond donors (Lipinski definition) is 1. The number of rotatable bonds is 7. The van der Waals surface area contributed by atoms with Gasteiger partial charge >= 0.3 is 5.97 Å². The molecule has 0 spiro atoms. The van der Waals surface area contributed by atoms with Gasteiger partial charge in [0, 0.05) is 24.2 Å². The van der Waals surface area contributed by atoms with E-state index in [-0.39, 0.29) is 5.92 Å². The van der Waals surface area contributed by atoms with Crippen LogP contribution in [0, 0.1) is 5.92 Å². The Labute approximate surface area is 149 Å². The van der Waals surface area contributed by atoms with E-state index >= 15 is 0 Å².